The Bertz CT molecular complexity index is 1300. The Labute approximate surface area is 201 Å². The quantitative estimate of drug-likeness (QED) is 0.355. The number of likely N-dealkylation sites (N-methyl/N-ethyl adjacent to an activating group) is 1. The van der Waals surface area contributed by atoms with Gasteiger partial charge in [-0.2, -0.15) is 0 Å². The summed E-state index contributed by atoms with van der Waals surface area (Å²) in [5.74, 6) is 0.586. The zero-order valence-electron chi connectivity index (χ0n) is 19.9. The van der Waals surface area contributed by atoms with Gasteiger partial charge in [-0.15, -0.1) is 6.58 Å². The molecular formula is C29H32N4O. The topological polar surface area (TPSA) is 52.2 Å². The summed E-state index contributed by atoms with van der Waals surface area (Å²) in [4.78, 5) is 24.7. The number of benzene rings is 3. The third kappa shape index (κ3) is 6.00. The molecule has 0 saturated heterocycles. The fourth-order valence-corrected chi connectivity index (χ4v) is 4.25. The summed E-state index contributed by atoms with van der Waals surface area (Å²) < 4.78 is 0. The number of fused-ring (bicyclic) bond motifs is 1. The number of hydrogen-bond donors (Lipinski definition) is 1. The van der Waals surface area contributed by atoms with E-state index in [0.29, 0.717) is 18.9 Å². The minimum Gasteiger partial charge on any atom is -0.337 e. The lowest BCUT2D eigenvalue weighted by Crippen LogP contribution is -2.43. The van der Waals surface area contributed by atoms with Crippen LogP contribution in [0.1, 0.15) is 16.8 Å². The largest absolute Gasteiger partial charge is 0.337 e. The first-order chi connectivity index (χ1) is 16.5. The molecule has 0 amide bonds. The van der Waals surface area contributed by atoms with E-state index in [2.05, 4.69) is 90.1 Å². The molecule has 1 atom stereocenters. The molecule has 0 spiro atoms. The Hall–Kier alpha value is -3.70. The minimum atomic E-state index is -0.140. The van der Waals surface area contributed by atoms with Gasteiger partial charge >= 0.3 is 0 Å². The summed E-state index contributed by atoms with van der Waals surface area (Å²) in [7, 11) is 4.18. The highest BCUT2D eigenvalue weighted by Crippen LogP contribution is 2.18. The number of aromatic amines is 1. The van der Waals surface area contributed by atoms with Gasteiger partial charge in [0.1, 0.15) is 0 Å². The Balaban J connectivity index is 1.58. The predicted octanol–water partition coefficient (Wildman–Crippen LogP) is 4.68. The summed E-state index contributed by atoms with van der Waals surface area (Å²) in [5, 5.41) is 2.39. The molecule has 0 aliphatic carbocycles. The smallest absolute Gasteiger partial charge is 0.252 e. The van der Waals surface area contributed by atoms with E-state index in [1.807, 2.05) is 24.3 Å². The van der Waals surface area contributed by atoms with Gasteiger partial charge in [0.05, 0.1) is 5.69 Å². The molecule has 1 aromatic heterocycles. The lowest BCUT2D eigenvalue weighted by atomic mass is 10.0. The van der Waals surface area contributed by atoms with E-state index in [1.165, 1.54) is 16.3 Å². The standard InChI is InChI=1S/C29H32N4O/c1-4-16-33(21-27(32(2)3)19-22-10-6-5-7-11-22)29-30-26(20-28(34)31-29)18-23-14-15-24-12-8-9-13-25(24)17-23/h4-15,17,20,27H,1,16,18-19,21H2,2-3H3,(H,30,31,34). The van der Waals surface area contributed by atoms with Crippen LogP contribution in [0.3, 0.4) is 0 Å². The molecule has 1 unspecified atom stereocenters. The molecule has 0 radical (unpaired) electrons. The zero-order valence-corrected chi connectivity index (χ0v) is 19.9. The molecule has 1 heterocycles. The van der Waals surface area contributed by atoms with Crippen LogP contribution in [-0.4, -0.2) is 48.1 Å². The highest BCUT2D eigenvalue weighted by molar-refractivity contribution is 5.83. The van der Waals surface area contributed by atoms with Crippen molar-refractivity contribution in [3.8, 4) is 0 Å². The molecule has 0 saturated carbocycles. The third-order valence-electron chi connectivity index (χ3n) is 6.11. The van der Waals surface area contributed by atoms with Crippen molar-refractivity contribution < 1.29 is 0 Å². The average molecular weight is 453 g/mol. The summed E-state index contributed by atoms with van der Waals surface area (Å²) in [6.45, 7) is 5.25. The fourth-order valence-electron chi connectivity index (χ4n) is 4.25. The van der Waals surface area contributed by atoms with E-state index < -0.39 is 0 Å². The highest BCUT2D eigenvalue weighted by Gasteiger charge is 2.19. The van der Waals surface area contributed by atoms with Gasteiger partial charge in [-0.1, -0.05) is 78.9 Å². The Morgan fingerprint density at radius 1 is 0.941 bits per heavy atom. The molecule has 0 aliphatic rings. The molecule has 34 heavy (non-hydrogen) atoms. The summed E-state index contributed by atoms with van der Waals surface area (Å²) in [5.41, 5.74) is 3.03. The Kier molecular flexibility index (Phi) is 7.55. The second-order valence-electron chi connectivity index (χ2n) is 8.92. The third-order valence-corrected chi connectivity index (χ3v) is 6.11. The molecule has 0 aliphatic heterocycles. The normalized spacial score (nSPS) is 12.1. The van der Waals surface area contributed by atoms with E-state index in [0.717, 1.165) is 24.2 Å². The zero-order chi connectivity index (χ0) is 23.9. The summed E-state index contributed by atoms with van der Waals surface area (Å²) in [6, 6.07) is 27.0. The van der Waals surface area contributed by atoms with Crippen molar-refractivity contribution in [1.82, 2.24) is 14.9 Å². The molecule has 5 nitrogen and oxygen atoms in total. The number of nitrogens with zero attached hydrogens (tertiary/aromatic N) is 3. The second-order valence-corrected chi connectivity index (χ2v) is 8.92. The van der Waals surface area contributed by atoms with Gasteiger partial charge in [-0.25, -0.2) is 4.98 Å². The van der Waals surface area contributed by atoms with Gasteiger partial charge in [0.2, 0.25) is 5.95 Å². The predicted molar refractivity (Wildman–Crippen MR) is 142 cm³/mol. The molecule has 4 aromatic rings. The van der Waals surface area contributed by atoms with Gasteiger partial charge in [0, 0.05) is 31.6 Å². The van der Waals surface area contributed by atoms with Crippen molar-refractivity contribution in [2.24, 2.45) is 0 Å². The molecule has 3 aromatic carbocycles. The lowest BCUT2D eigenvalue weighted by Gasteiger charge is -2.31. The maximum absolute atomic E-state index is 12.6. The van der Waals surface area contributed by atoms with Crippen LogP contribution in [0.15, 0.2) is 96.3 Å². The number of hydrogen-bond acceptors (Lipinski definition) is 4. The number of H-pyrrole nitrogens is 1. The lowest BCUT2D eigenvalue weighted by molar-refractivity contribution is 0.293. The van der Waals surface area contributed by atoms with Gasteiger partial charge in [-0.05, 0) is 42.4 Å². The molecule has 0 bridgehead atoms. The average Bonchev–Trinajstić information content (AvgIpc) is 2.83. The Morgan fingerprint density at radius 3 is 2.41 bits per heavy atom. The van der Waals surface area contributed by atoms with Crippen molar-refractivity contribution in [2.75, 3.05) is 32.1 Å². The molecule has 0 fully saturated rings. The molecule has 5 heteroatoms. The maximum atomic E-state index is 12.6. The van der Waals surface area contributed by atoms with Gasteiger partial charge < -0.3 is 9.80 Å². The number of aromatic nitrogens is 2. The second kappa shape index (κ2) is 10.9. The molecular weight excluding hydrogens is 420 g/mol. The van der Waals surface area contributed by atoms with E-state index in [9.17, 15) is 4.79 Å². The van der Waals surface area contributed by atoms with Gasteiger partial charge in [0.15, 0.2) is 0 Å². The van der Waals surface area contributed by atoms with E-state index in [1.54, 1.807) is 6.07 Å². The monoisotopic (exact) mass is 452 g/mol. The van der Waals surface area contributed by atoms with Crippen LogP contribution in [0, 0.1) is 0 Å². The minimum absolute atomic E-state index is 0.140. The van der Waals surface area contributed by atoms with Crippen LogP contribution < -0.4 is 10.5 Å². The van der Waals surface area contributed by atoms with Gasteiger partial charge in [-0.3, -0.25) is 9.78 Å². The van der Waals surface area contributed by atoms with Crippen LogP contribution in [0.2, 0.25) is 0 Å². The van der Waals surface area contributed by atoms with Crippen molar-refractivity contribution in [1.29, 1.82) is 0 Å². The number of anilines is 1. The molecule has 174 valence electrons. The van der Waals surface area contributed by atoms with E-state index in [4.69, 9.17) is 4.98 Å². The highest BCUT2D eigenvalue weighted by atomic mass is 16.1. The SMILES string of the molecule is C=CCN(CC(Cc1ccccc1)N(C)C)c1nc(Cc2ccc3ccccc3c2)cc(=O)[nH]1. The van der Waals surface area contributed by atoms with Crippen LogP contribution in [0.5, 0.6) is 0 Å². The first kappa shape index (κ1) is 23.5. The first-order valence-corrected chi connectivity index (χ1v) is 11.7. The van der Waals surface area contributed by atoms with Crippen LogP contribution >= 0.6 is 0 Å². The van der Waals surface area contributed by atoms with Crippen LogP contribution in [0.25, 0.3) is 10.8 Å². The van der Waals surface area contributed by atoms with Crippen molar-refractivity contribution in [3.63, 3.8) is 0 Å². The maximum Gasteiger partial charge on any atom is 0.252 e. The van der Waals surface area contributed by atoms with Crippen LogP contribution in [0.4, 0.5) is 5.95 Å². The van der Waals surface area contributed by atoms with Crippen molar-refractivity contribution in [2.45, 2.75) is 18.9 Å². The summed E-state index contributed by atoms with van der Waals surface area (Å²) >= 11 is 0. The van der Waals surface area contributed by atoms with Crippen LogP contribution in [-0.2, 0) is 12.8 Å². The van der Waals surface area contributed by atoms with E-state index >= 15 is 0 Å². The van der Waals surface area contributed by atoms with Crippen molar-refractivity contribution >= 4 is 16.7 Å². The fraction of sp³-hybridized carbons (Fsp3) is 0.241. The molecule has 4 rings (SSSR count). The number of nitrogens with one attached hydrogen (secondary N) is 1. The van der Waals surface area contributed by atoms with E-state index in [-0.39, 0.29) is 11.6 Å². The molecule has 1 N–H and O–H groups in total. The first-order valence-electron chi connectivity index (χ1n) is 11.7. The van der Waals surface area contributed by atoms with Gasteiger partial charge in [0.25, 0.3) is 5.56 Å². The number of rotatable bonds is 10. The van der Waals surface area contributed by atoms with Crippen molar-refractivity contribution in [3.05, 3.63) is 119 Å². The summed E-state index contributed by atoms with van der Waals surface area (Å²) in [6.07, 6.45) is 3.36. The Morgan fingerprint density at radius 2 is 1.68 bits per heavy atom.